The molecule has 3 N–H and O–H groups in total. The summed E-state index contributed by atoms with van der Waals surface area (Å²) in [5.74, 6) is -0.118. The minimum absolute atomic E-state index is 0.0175. The zero-order valence-corrected chi connectivity index (χ0v) is 17.5. The van der Waals surface area contributed by atoms with E-state index in [4.69, 9.17) is 0 Å². The lowest BCUT2D eigenvalue weighted by molar-refractivity contribution is 0.0952. The summed E-state index contributed by atoms with van der Waals surface area (Å²) < 4.78 is 0. The predicted molar refractivity (Wildman–Crippen MR) is 126 cm³/mol. The fraction of sp³-hybridized carbons (Fsp3) is 0.154. The normalized spacial score (nSPS) is 14.4. The number of H-pyrrole nitrogens is 1. The molecule has 0 saturated carbocycles. The van der Waals surface area contributed by atoms with E-state index in [0.717, 1.165) is 27.7 Å². The Morgan fingerprint density at radius 1 is 0.969 bits per heavy atom. The average Bonchev–Trinajstić information content (AvgIpc) is 3.46. The number of hydrogen-bond acceptors (Lipinski definition) is 2. The molecule has 6 nitrogen and oxygen atoms in total. The van der Waals surface area contributed by atoms with Crippen molar-refractivity contribution in [3.05, 3.63) is 102 Å². The highest BCUT2D eigenvalue weighted by atomic mass is 16.2. The number of aromatic nitrogens is 1. The van der Waals surface area contributed by atoms with Crippen molar-refractivity contribution < 1.29 is 9.59 Å². The molecule has 0 spiro atoms. The maximum absolute atomic E-state index is 12.9. The Hall–Kier alpha value is -4.06. The van der Waals surface area contributed by atoms with Crippen LogP contribution in [0.15, 0.2) is 85.1 Å². The molecule has 3 aromatic carbocycles. The quantitative estimate of drug-likeness (QED) is 0.433. The molecule has 1 atom stereocenters. The molecular weight excluding hydrogens is 400 g/mol. The molecular formula is C26H24N4O2. The maximum atomic E-state index is 12.9. The predicted octanol–water partition coefficient (Wildman–Crippen LogP) is 4.26. The molecule has 1 aliphatic heterocycles. The summed E-state index contributed by atoms with van der Waals surface area (Å²) in [7, 11) is 0. The van der Waals surface area contributed by atoms with E-state index in [9.17, 15) is 9.59 Å². The van der Waals surface area contributed by atoms with Gasteiger partial charge >= 0.3 is 6.03 Å². The van der Waals surface area contributed by atoms with Gasteiger partial charge in [-0.15, -0.1) is 0 Å². The molecule has 0 aliphatic carbocycles. The molecule has 1 aromatic heterocycles. The summed E-state index contributed by atoms with van der Waals surface area (Å²) >= 11 is 0. The third-order valence-electron chi connectivity index (χ3n) is 5.96. The first-order valence-corrected chi connectivity index (χ1v) is 10.8. The van der Waals surface area contributed by atoms with Gasteiger partial charge < -0.3 is 15.6 Å². The molecule has 0 bridgehead atoms. The van der Waals surface area contributed by atoms with E-state index < -0.39 is 0 Å². The number of aromatic amines is 1. The van der Waals surface area contributed by atoms with Crippen molar-refractivity contribution in [3.8, 4) is 0 Å². The van der Waals surface area contributed by atoms with Crippen LogP contribution in [0.2, 0.25) is 0 Å². The summed E-state index contributed by atoms with van der Waals surface area (Å²) in [5, 5.41) is 7.04. The minimum Gasteiger partial charge on any atom is -0.361 e. The van der Waals surface area contributed by atoms with Crippen LogP contribution in [0.25, 0.3) is 10.9 Å². The van der Waals surface area contributed by atoms with Crippen LogP contribution in [0.5, 0.6) is 0 Å². The van der Waals surface area contributed by atoms with Crippen molar-refractivity contribution >= 4 is 28.5 Å². The Labute approximate surface area is 186 Å². The molecule has 32 heavy (non-hydrogen) atoms. The van der Waals surface area contributed by atoms with Crippen molar-refractivity contribution in [3.63, 3.8) is 0 Å². The van der Waals surface area contributed by atoms with E-state index in [1.807, 2.05) is 48.7 Å². The molecule has 2 heterocycles. The van der Waals surface area contributed by atoms with Crippen molar-refractivity contribution in [1.82, 2.24) is 15.6 Å². The highest BCUT2D eigenvalue weighted by molar-refractivity contribution is 5.97. The van der Waals surface area contributed by atoms with Crippen LogP contribution in [-0.4, -0.2) is 36.6 Å². The molecule has 1 unspecified atom stereocenters. The molecule has 0 radical (unpaired) electrons. The van der Waals surface area contributed by atoms with Gasteiger partial charge in [0.25, 0.3) is 5.91 Å². The van der Waals surface area contributed by atoms with E-state index in [-0.39, 0.29) is 17.9 Å². The highest BCUT2D eigenvalue weighted by Gasteiger charge is 2.22. The number of nitrogens with zero attached hydrogens (tertiary/aromatic N) is 1. The molecule has 5 rings (SSSR count). The van der Waals surface area contributed by atoms with Gasteiger partial charge in [0.2, 0.25) is 0 Å². The molecule has 1 fully saturated rings. The van der Waals surface area contributed by atoms with Gasteiger partial charge in [0.15, 0.2) is 0 Å². The van der Waals surface area contributed by atoms with Gasteiger partial charge in [0.05, 0.1) is 0 Å². The first-order valence-electron chi connectivity index (χ1n) is 10.8. The second-order valence-electron chi connectivity index (χ2n) is 7.89. The number of carbonyl (C=O) groups excluding carboxylic acids is 2. The molecule has 6 heteroatoms. The van der Waals surface area contributed by atoms with Gasteiger partial charge in [0.1, 0.15) is 0 Å². The first kappa shape index (κ1) is 19.9. The molecule has 1 saturated heterocycles. The van der Waals surface area contributed by atoms with Crippen molar-refractivity contribution in [2.45, 2.75) is 5.92 Å². The number of anilines is 1. The van der Waals surface area contributed by atoms with Crippen LogP contribution in [0.1, 0.15) is 27.4 Å². The first-order chi connectivity index (χ1) is 15.7. The van der Waals surface area contributed by atoms with Crippen LogP contribution in [0, 0.1) is 0 Å². The Morgan fingerprint density at radius 3 is 2.47 bits per heavy atom. The number of nitrogens with one attached hydrogen (secondary N) is 3. The lowest BCUT2D eigenvalue weighted by Gasteiger charge is -2.19. The summed E-state index contributed by atoms with van der Waals surface area (Å²) in [5.41, 5.74) is 4.74. The summed E-state index contributed by atoms with van der Waals surface area (Å²) in [6.45, 7) is 1.74. The van der Waals surface area contributed by atoms with Crippen LogP contribution < -0.4 is 15.5 Å². The monoisotopic (exact) mass is 424 g/mol. The number of urea groups is 1. The van der Waals surface area contributed by atoms with Gasteiger partial charge in [-0.3, -0.25) is 9.69 Å². The van der Waals surface area contributed by atoms with E-state index >= 15 is 0 Å². The van der Waals surface area contributed by atoms with Crippen LogP contribution in [0.4, 0.5) is 10.5 Å². The van der Waals surface area contributed by atoms with E-state index in [0.29, 0.717) is 25.2 Å². The summed E-state index contributed by atoms with van der Waals surface area (Å²) in [6, 6.07) is 25.5. The van der Waals surface area contributed by atoms with Crippen molar-refractivity contribution in [2.24, 2.45) is 0 Å². The fourth-order valence-electron chi connectivity index (χ4n) is 4.28. The Kier molecular flexibility index (Phi) is 5.34. The Morgan fingerprint density at radius 2 is 1.72 bits per heavy atom. The molecule has 160 valence electrons. The van der Waals surface area contributed by atoms with Gasteiger partial charge in [-0.05, 0) is 41.5 Å². The lowest BCUT2D eigenvalue weighted by atomic mass is 9.91. The fourth-order valence-corrected chi connectivity index (χ4v) is 4.28. The van der Waals surface area contributed by atoms with Crippen LogP contribution >= 0.6 is 0 Å². The smallest absolute Gasteiger partial charge is 0.321 e. The Bertz CT molecular complexity index is 1250. The number of rotatable bonds is 6. The standard InChI is InChI=1S/C26H24N4O2/c31-25(19-10-12-20(13-11-19)30-15-14-27-26(30)32)29-16-22(18-6-2-1-3-7-18)23-17-28-24-9-5-4-8-21(23)24/h1-13,17,22,28H,14-16H2,(H,27,32)(H,29,31). The zero-order valence-electron chi connectivity index (χ0n) is 17.5. The average molecular weight is 425 g/mol. The third-order valence-corrected chi connectivity index (χ3v) is 5.96. The molecule has 4 aromatic rings. The largest absolute Gasteiger partial charge is 0.361 e. The van der Waals surface area contributed by atoms with Crippen molar-refractivity contribution in [2.75, 3.05) is 24.5 Å². The number of fused-ring (bicyclic) bond motifs is 1. The van der Waals surface area contributed by atoms with Gasteiger partial charge in [-0.1, -0.05) is 48.5 Å². The number of amides is 3. The second kappa shape index (κ2) is 8.59. The zero-order chi connectivity index (χ0) is 21.9. The topological polar surface area (TPSA) is 77.2 Å². The van der Waals surface area contributed by atoms with Crippen LogP contribution in [-0.2, 0) is 0 Å². The molecule has 3 amide bonds. The van der Waals surface area contributed by atoms with Gasteiger partial charge in [0, 0.05) is 53.9 Å². The summed E-state index contributed by atoms with van der Waals surface area (Å²) in [6.07, 6.45) is 2.03. The summed E-state index contributed by atoms with van der Waals surface area (Å²) in [4.78, 5) is 29.8. The number of para-hydroxylation sites is 1. The van der Waals surface area contributed by atoms with Crippen LogP contribution in [0.3, 0.4) is 0 Å². The number of carbonyl (C=O) groups is 2. The van der Waals surface area contributed by atoms with E-state index in [1.54, 1.807) is 17.0 Å². The number of benzene rings is 3. The SMILES string of the molecule is O=C(NCC(c1ccccc1)c1c[nH]c2ccccc12)c1ccc(N2CCNC2=O)cc1. The second-order valence-corrected chi connectivity index (χ2v) is 7.89. The minimum atomic E-state index is -0.136. The van der Waals surface area contributed by atoms with Crippen molar-refractivity contribution in [1.29, 1.82) is 0 Å². The van der Waals surface area contributed by atoms with E-state index in [2.05, 4.69) is 39.9 Å². The van der Waals surface area contributed by atoms with E-state index in [1.165, 1.54) is 0 Å². The highest BCUT2D eigenvalue weighted by Crippen LogP contribution is 2.30. The van der Waals surface area contributed by atoms with Gasteiger partial charge in [-0.2, -0.15) is 0 Å². The van der Waals surface area contributed by atoms with Gasteiger partial charge in [-0.25, -0.2) is 4.79 Å². The maximum Gasteiger partial charge on any atom is 0.321 e. The third kappa shape index (κ3) is 3.83. The Balaban J connectivity index is 1.35. The lowest BCUT2D eigenvalue weighted by Crippen LogP contribution is -2.29. The molecule has 1 aliphatic rings. The number of hydrogen-bond donors (Lipinski definition) is 3.